The van der Waals surface area contributed by atoms with E-state index in [4.69, 9.17) is 9.47 Å². The van der Waals surface area contributed by atoms with E-state index < -0.39 is 9.84 Å². The third-order valence-corrected chi connectivity index (χ3v) is 8.69. The number of hydrogen-bond donors (Lipinski definition) is 0. The normalized spacial score (nSPS) is 13.8. The molecule has 2 heterocycles. The van der Waals surface area contributed by atoms with Crippen LogP contribution in [0.5, 0.6) is 11.5 Å². The maximum absolute atomic E-state index is 13.2. The predicted molar refractivity (Wildman–Crippen MR) is 150 cm³/mol. The van der Waals surface area contributed by atoms with E-state index >= 15 is 0 Å². The lowest BCUT2D eigenvalue weighted by molar-refractivity contribution is 0.0533. The number of amides is 2. The summed E-state index contributed by atoms with van der Waals surface area (Å²) in [5.74, 6) is 0.305. The minimum atomic E-state index is -3.65. The Morgan fingerprint density at radius 3 is 2.12 bits per heavy atom. The van der Waals surface area contributed by atoms with Crippen LogP contribution < -0.4 is 9.47 Å². The smallest absolute Gasteiger partial charge is 0.257 e. The molecule has 206 valence electrons. The second-order valence-corrected chi connectivity index (χ2v) is 11.4. The van der Waals surface area contributed by atoms with Crippen LogP contribution in [-0.4, -0.2) is 75.4 Å². The predicted octanol–water partition coefficient (Wildman–Crippen LogP) is 3.82. The van der Waals surface area contributed by atoms with E-state index in [0.29, 0.717) is 59.9 Å². The van der Waals surface area contributed by atoms with Crippen LogP contribution in [0.2, 0.25) is 0 Å². The second kappa shape index (κ2) is 11.4. The third kappa shape index (κ3) is 5.35. The molecule has 5 rings (SSSR count). The number of carbonyl (C=O) groups is 2. The second-order valence-electron chi connectivity index (χ2n) is 9.41. The van der Waals surface area contributed by atoms with E-state index in [1.807, 2.05) is 12.1 Å². The number of nitrogens with zero attached hydrogens (tertiary/aromatic N) is 3. The first kappa shape index (κ1) is 27.1. The van der Waals surface area contributed by atoms with Crippen molar-refractivity contribution in [1.82, 2.24) is 14.8 Å². The fraction of sp³-hybridized carbons (Fsp3) is 0.233. The molecule has 3 aromatic carbocycles. The van der Waals surface area contributed by atoms with Gasteiger partial charge >= 0.3 is 0 Å². The van der Waals surface area contributed by atoms with Crippen LogP contribution in [-0.2, 0) is 15.6 Å². The van der Waals surface area contributed by atoms with Crippen molar-refractivity contribution in [3.63, 3.8) is 0 Å². The van der Waals surface area contributed by atoms with E-state index in [-0.39, 0.29) is 22.5 Å². The maximum Gasteiger partial charge on any atom is 0.257 e. The molecule has 1 aliphatic rings. The van der Waals surface area contributed by atoms with Gasteiger partial charge in [-0.15, -0.1) is 0 Å². The van der Waals surface area contributed by atoms with Gasteiger partial charge in [0.05, 0.1) is 35.9 Å². The number of rotatable bonds is 7. The molecule has 9 nitrogen and oxygen atoms in total. The highest BCUT2D eigenvalue weighted by Gasteiger charge is 2.28. The van der Waals surface area contributed by atoms with Crippen LogP contribution in [0.25, 0.3) is 10.9 Å². The summed E-state index contributed by atoms with van der Waals surface area (Å²) >= 11 is 0. The topological polar surface area (TPSA) is 106 Å². The van der Waals surface area contributed by atoms with Crippen LogP contribution >= 0.6 is 0 Å². The molecule has 0 spiro atoms. The number of para-hydroxylation sites is 2. The van der Waals surface area contributed by atoms with Crippen molar-refractivity contribution < 1.29 is 27.5 Å². The highest BCUT2D eigenvalue weighted by Crippen LogP contribution is 2.32. The highest BCUT2D eigenvalue weighted by atomic mass is 32.2. The quantitative estimate of drug-likeness (QED) is 0.339. The number of aromatic nitrogens is 1. The molecule has 0 N–H and O–H groups in total. The van der Waals surface area contributed by atoms with Crippen molar-refractivity contribution in [3.05, 3.63) is 95.7 Å². The SMILES string of the molecule is COc1cccc(C(=O)N2CCN(C(=O)c3ccc(CS(=O)(=O)c4cccc5cccnc45)cc3)CC2)c1OC. The summed E-state index contributed by atoms with van der Waals surface area (Å²) < 4.78 is 37.1. The monoisotopic (exact) mass is 559 g/mol. The van der Waals surface area contributed by atoms with Gasteiger partial charge in [0.15, 0.2) is 21.3 Å². The van der Waals surface area contributed by atoms with Crippen molar-refractivity contribution >= 4 is 32.6 Å². The van der Waals surface area contributed by atoms with E-state index in [9.17, 15) is 18.0 Å². The Morgan fingerprint density at radius 1 is 0.800 bits per heavy atom. The molecule has 0 aliphatic carbocycles. The van der Waals surface area contributed by atoms with E-state index in [2.05, 4.69) is 4.98 Å². The Kier molecular flexibility index (Phi) is 7.70. The largest absolute Gasteiger partial charge is 0.493 e. The van der Waals surface area contributed by atoms with Crippen LogP contribution in [0.15, 0.2) is 83.9 Å². The molecule has 2 amide bonds. The number of fused-ring (bicyclic) bond motifs is 1. The minimum absolute atomic E-state index is 0.168. The van der Waals surface area contributed by atoms with Gasteiger partial charge < -0.3 is 19.3 Å². The number of sulfone groups is 1. The van der Waals surface area contributed by atoms with Gasteiger partial charge in [0.1, 0.15) is 0 Å². The molecule has 0 bridgehead atoms. The Balaban J connectivity index is 1.23. The lowest BCUT2D eigenvalue weighted by atomic mass is 10.1. The van der Waals surface area contributed by atoms with Crippen molar-refractivity contribution in [1.29, 1.82) is 0 Å². The number of piperazine rings is 1. The highest BCUT2D eigenvalue weighted by molar-refractivity contribution is 7.90. The van der Waals surface area contributed by atoms with Gasteiger partial charge in [0, 0.05) is 43.3 Å². The van der Waals surface area contributed by atoms with Crippen LogP contribution in [0, 0.1) is 0 Å². The molecule has 1 aliphatic heterocycles. The molecule has 0 unspecified atom stereocenters. The Bertz CT molecular complexity index is 1660. The Labute approximate surface area is 232 Å². The summed E-state index contributed by atoms with van der Waals surface area (Å²) in [6.45, 7) is 1.50. The summed E-state index contributed by atoms with van der Waals surface area (Å²) in [5, 5.41) is 0.758. The summed E-state index contributed by atoms with van der Waals surface area (Å²) in [6, 6.07) is 20.5. The molecular weight excluding hydrogens is 530 g/mol. The molecule has 10 heteroatoms. The fourth-order valence-corrected chi connectivity index (χ4v) is 6.43. The molecule has 0 atom stereocenters. The lowest BCUT2D eigenvalue weighted by Crippen LogP contribution is -2.50. The van der Waals surface area contributed by atoms with Gasteiger partial charge in [0.2, 0.25) is 0 Å². The van der Waals surface area contributed by atoms with Crippen molar-refractivity contribution in [2.24, 2.45) is 0 Å². The molecule has 1 fully saturated rings. The first-order valence-electron chi connectivity index (χ1n) is 12.8. The van der Waals surface area contributed by atoms with Gasteiger partial charge in [-0.25, -0.2) is 8.42 Å². The van der Waals surface area contributed by atoms with Gasteiger partial charge in [-0.1, -0.05) is 36.4 Å². The summed E-state index contributed by atoms with van der Waals surface area (Å²) in [5.41, 5.74) is 1.89. The van der Waals surface area contributed by atoms with Gasteiger partial charge in [0.25, 0.3) is 11.8 Å². The van der Waals surface area contributed by atoms with Crippen molar-refractivity contribution in [2.75, 3.05) is 40.4 Å². The zero-order valence-electron chi connectivity index (χ0n) is 22.2. The van der Waals surface area contributed by atoms with Crippen LogP contribution in [0.4, 0.5) is 0 Å². The molecule has 1 saturated heterocycles. The number of hydrogen-bond acceptors (Lipinski definition) is 7. The average molecular weight is 560 g/mol. The fourth-order valence-electron chi connectivity index (χ4n) is 4.89. The Hall–Kier alpha value is -4.44. The number of pyridine rings is 1. The van der Waals surface area contributed by atoms with Crippen LogP contribution in [0.3, 0.4) is 0 Å². The molecule has 0 saturated carbocycles. The summed E-state index contributed by atoms with van der Waals surface area (Å²) in [4.78, 5) is 34.1. The minimum Gasteiger partial charge on any atom is -0.493 e. The third-order valence-electron chi connectivity index (χ3n) is 6.98. The number of benzene rings is 3. The first-order valence-corrected chi connectivity index (χ1v) is 14.4. The number of ether oxygens (including phenoxy) is 2. The standard InChI is InChI=1S/C30H29N3O6S/c1-38-25-9-4-8-24(28(25)39-2)30(35)33-18-16-32(17-19-33)29(34)23-13-11-21(12-14-23)20-40(36,37)26-10-3-6-22-7-5-15-31-27(22)26/h3-15H,16-20H2,1-2H3. The molecule has 4 aromatic rings. The van der Waals surface area contributed by atoms with Gasteiger partial charge in [-0.05, 0) is 42.0 Å². The van der Waals surface area contributed by atoms with E-state index in [1.54, 1.807) is 76.7 Å². The molecule has 1 aromatic heterocycles. The molecule has 0 radical (unpaired) electrons. The van der Waals surface area contributed by atoms with Crippen molar-refractivity contribution in [2.45, 2.75) is 10.6 Å². The van der Waals surface area contributed by atoms with Crippen LogP contribution in [0.1, 0.15) is 26.3 Å². The van der Waals surface area contributed by atoms with Gasteiger partial charge in [-0.3, -0.25) is 14.6 Å². The Morgan fingerprint density at radius 2 is 1.45 bits per heavy atom. The zero-order chi connectivity index (χ0) is 28.3. The van der Waals surface area contributed by atoms with Gasteiger partial charge in [-0.2, -0.15) is 0 Å². The summed E-state index contributed by atoms with van der Waals surface area (Å²) in [6.07, 6.45) is 1.58. The first-order chi connectivity index (χ1) is 19.3. The van der Waals surface area contributed by atoms with Crippen molar-refractivity contribution in [3.8, 4) is 11.5 Å². The molecule has 40 heavy (non-hydrogen) atoms. The van der Waals surface area contributed by atoms with E-state index in [0.717, 1.165) is 5.39 Å². The number of carbonyl (C=O) groups excluding carboxylic acids is 2. The van der Waals surface area contributed by atoms with E-state index in [1.165, 1.54) is 14.2 Å². The number of methoxy groups -OCH3 is 2. The summed E-state index contributed by atoms with van der Waals surface area (Å²) in [7, 11) is -0.641. The maximum atomic E-state index is 13.2. The lowest BCUT2D eigenvalue weighted by Gasteiger charge is -2.35. The molecular formula is C30H29N3O6S. The zero-order valence-corrected chi connectivity index (χ0v) is 23.1. The average Bonchev–Trinajstić information content (AvgIpc) is 2.99.